The van der Waals surface area contributed by atoms with E-state index in [2.05, 4.69) is 23.6 Å². The molecule has 0 atom stereocenters. The largest absolute Gasteiger partial charge is 0.398 e. The number of nitrogen functional groups attached to an aromatic ring is 1. The molecule has 0 amide bonds. The Labute approximate surface area is 119 Å². The fourth-order valence-corrected chi connectivity index (χ4v) is 2.52. The fourth-order valence-electron chi connectivity index (χ4n) is 2.52. The van der Waals surface area contributed by atoms with Crippen molar-refractivity contribution in [2.75, 3.05) is 31.9 Å². The normalized spacial score (nSPS) is 17.6. The lowest BCUT2D eigenvalue weighted by Gasteiger charge is -2.37. The second-order valence-corrected chi connectivity index (χ2v) is 5.55. The van der Waals surface area contributed by atoms with Gasteiger partial charge in [-0.05, 0) is 25.5 Å². The number of rotatable bonds is 4. The molecule has 6 heteroatoms. The van der Waals surface area contributed by atoms with E-state index in [-0.39, 0.29) is 10.6 Å². The van der Waals surface area contributed by atoms with Crippen molar-refractivity contribution in [2.45, 2.75) is 26.4 Å². The van der Waals surface area contributed by atoms with E-state index in [1.165, 1.54) is 6.07 Å². The lowest BCUT2D eigenvalue weighted by molar-refractivity contribution is -0.384. The summed E-state index contributed by atoms with van der Waals surface area (Å²) in [6.45, 7) is 9.10. The van der Waals surface area contributed by atoms with Gasteiger partial charge in [-0.2, -0.15) is 0 Å². The molecule has 0 spiro atoms. The van der Waals surface area contributed by atoms with Crippen molar-refractivity contribution in [1.29, 1.82) is 0 Å². The van der Waals surface area contributed by atoms with Crippen LogP contribution in [0.2, 0.25) is 0 Å². The molecule has 0 radical (unpaired) electrons. The van der Waals surface area contributed by atoms with Gasteiger partial charge >= 0.3 is 0 Å². The molecule has 1 heterocycles. The average Bonchev–Trinajstić information content (AvgIpc) is 2.41. The number of non-ortho nitro benzene ring substituents is 1. The van der Waals surface area contributed by atoms with Crippen LogP contribution in [0.1, 0.15) is 19.4 Å². The first-order valence-electron chi connectivity index (χ1n) is 6.96. The van der Waals surface area contributed by atoms with E-state index in [0.717, 1.165) is 31.7 Å². The van der Waals surface area contributed by atoms with Gasteiger partial charge in [0.15, 0.2) is 0 Å². The fraction of sp³-hybridized carbons (Fsp3) is 0.571. The van der Waals surface area contributed by atoms with Gasteiger partial charge in [-0.1, -0.05) is 0 Å². The molecule has 110 valence electrons. The van der Waals surface area contributed by atoms with E-state index in [4.69, 9.17) is 5.73 Å². The first-order chi connectivity index (χ1) is 9.47. The van der Waals surface area contributed by atoms with E-state index in [1.54, 1.807) is 12.1 Å². The highest BCUT2D eigenvalue weighted by Crippen LogP contribution is 2.21. The maximum atomic E-state index is 10.8. The van der Waals surface area contributed by atoms with Crippen molar-refractivity contribution in [3.63, 3.8) is 0 Å². The number of hydrogen-bond acceptors (Lipinski definition) is 5. The molecule has 1 fully saturated rings. The summed E-state index contributed by atoms with van der Waals surface area (Å²) in [5.74, 6) is 0. The molecule has 0 unspecified atom stereocenters. The maximum absolute atomic E-state index is 10.8. The summed E-state index contributed by atoms with van der Waals surface area (Å²) in [7, 11) is 0. The molecule has 1 aliphatic heterocycles. The zero-order valence-electron chi connectivity index (χ0n) is 12.1. The lowest BCUT2D eigenvalue weighted by atomic mass is 10.1. The van der Waals surface area contributed by atoms with Crippen LogP contribution in [0.5, 0.6) is 0 Å². The molecule has 1 aliphatic rings. The highest BCUT2D eigenvalue weighted by atomic mass is 16.6. The summed E-state index contributed by atoms with van der Waals surface area (Å²) in [6, 6.07) is 5.23. The number of nitrogens with zero attached hydrogens (tertiary/aromatic N) is 3. The van der Waals surface area contributed by atoms with Crippen molar-refractivity contribution in [3.8, 4) is 0 Å². The van der Waals surface area contributed by atoms with Crippen molar-refractivity contribution >= 4 is 11.4 Å². The SMILES string of the molecule is CC(C)N1CCN(Cc2cc([N+](=O)[O-])ccc2N)CC1. The molecule has 0 aromatic heterocycles. The third-order valence-corrected chi connectivity index (χ3v) is 3.87. The van der Waals surface area contributed by atoms with E-state index >= 15 is 0 Å². The Morgan fingerprint density at radius 1 is 1.30 bits per heavy atom. The highest BCUT2D eigenvalue weighted by molar-refractivity contribution is 5.52. The van der Waals surface area contributed by atoms with Crippen LogP contribution in [-0.2, 0) is 6.54 Å². The van der Waals surface area contributed by atoms with Gasteiger partial charge in [-0.25, -0.2) is 0 Å². The van der Waals surface area contributed by atoms with Crippen molar-refractivity contribution in [3.05, 3.63) is 33.9 Å². The van der Waals surface area contributed by atoms with Crippen LogP contribution in [0, 0.1) is 10.1 Å². The smallest absolute Gasteiger partial charge is 0.269 e. The summed E-state index contributed by atoms with van der Waals surface area (Å²) in [5, 5.41) is 10.8. The highest BCUT2D eigenvalue weighted by Gasteiger charge is 2.20. The number of hydrogen-bond donors (Lipinski definition) is 1. The standard InChI is InChI=1S/C14H22N4O2/c1-11(2)17-7-5-16(6-8-17)10-12-9-13(18(19)20)3-4-14(12)15/h3-4,9,11H,5-8,10,15H2,1-2H3. The van der Waals surface area contributed by atoms with Crippen molar-refractivity contribution < 1.29 is 4.92 Å². The first kappa shape index (κ1) is 14.7. The Morgan fingerprint density at radius 3 is 2.50 bits per heavy atom. The van der Waals surface area contributed by atoms with Crippen LogP contribution in [0.3, 0.4) is 0 Å². The second kappa shape index (κ2) is 6.19. The molecule has 20 heavy (non-hydrogen) atoms. The Balaban J connectivity index is 2.00. The van der Waals surface area contributed by atoms with Gasteiger partial charge in [0, 0.05) is 56.6 Å². The van der Waals surface area contributed by atoms with Crippen LogP contribution in [0.4, 0.5) is 11.4 Å². The number of benzene rings is 1. The van der Waals surface area contributed by atoms with E-state index in [9.17, 15) is 10.1 Å². The van der Waals surface area contributed by atoms with Crippen LogP contribution in [0.25, 0.3) is 0 Å². The van der Waals surface area contributed by atoms with E-state index in [1.807, 2.05) is 0 Å². The molecule has 1 saturated heterocycles. The minimum Gasteiger partial charge on any atom is -0.398 e. The van der Waals surface area contributed by atoms with Gasteiger partial charge in [-0.3, -0.25) is 19.9 Å². The average molecular weight is 278 g/mol. The molecular weight excluding hydrogens is 256 g/mol. The Kier molecular flexibility index (Phi) is 4.57. The van der Waals surface area contributed by atoms with E-state index < -0.39 is 0 Å². The summed E-state index contributed by atoms with van der Waals surface area (Å²) < 4.78 is 0. The van der Waals surface area contributed by atoms with Gasteiger partial charge in [-0.15, -0.1) is 0 Å². The molecule has 6 nitrogen and oxygen atoms in total. The molecule has 2 N–H and O–H groups in total. The predicted molar refractivity (Wildman–Crippen MR) is 79.5 cm³/mol. The quantitative estimate of drug-likeness (QED) is 0.515. The van der Waals surface area contributed by atoms with Crippen LogP contribution >= 0.6 is 0 Å². The molecule has 1 aromatic rings. The van der Waals surface area contributed by atoms with Crippen LogP contribution in [0.15, 0.2) is 18.2 Å². The second-order valence-electron chi connectivity index (χ2n) is 5.55. The first-order valence-corrected chi connectivity index (χ1v) is 6.96. The molecule has 0 saturated carbocycles. The lowest BCUT2D eigenvalue weighted by Crippen LogP contribution is -2.48. The van der Waals surface area contributed by atoms with Crippen LogP contribution in [-0.4, -0.2) is 46.9 Å². The summed E-state index contributed by atoms with van der Waals surface area (Å²) in [4.78, 5) is 15.2. The van der Waals surface area contributed by atoms with Crippen molar-refractivity contribution in [1.82, 2.24) is 9.80 Å². The zero-order valence-corrected chi connectivity index (χ0v) is 12.1. The Morgan fingerprint density at radius 2 is 1.95 bits per heavy atom. The Bertz CT molecular complexity index is 482. The number of nitro groups is 1. The molecule has 0 aliphatic carbocycles. The predicted octanol–water partition coefficient (Wildman–Crippen LogP) is 1.70. The Hall–Kier alpha value is -1.66. The minimum absolute atomic E-state index is 0.106. The van der Waals surface area contributed by atoms with Gasteiger partial charge in [0.25, 0.3) is 5.69 Å². The summed E-state index contributed by atoms with van der Waals surface area (Å²) >= 11 is 0. The zero-order chi connectivity index (χ0) is 14.7. The minimum atomic E-state index is -0.375. The molecule has 2 rings (SSSR count). The number of piperazine rings is 1. The van der Waals surface area contributed by atoms with Crippen LogP contribution < -0.4 is 5.73 Å². The molecule has 0 bridgehead atoms. The van der Waals surface area contributed by atoms with Gasteiger partial charge < -0.3 is 5.73 Å². The number of nitro benzene ring substituents is 1. The summed E-state index contributed by atoms with van der Waals surface area (Å²) in [5.41, 5.74) is 7.50. The van der Waals surface area contributed by atoms with Gasteiger partial charge in [0.1, 0.15) is 0 Å². The number of anilines is 1. The van der Waals surface area contributed by atoms with Crippen molar-refractivity contribution in [2.24, 2.45) is 0 Å². The monoisotopic (exact) mass is 278 g/mol. The number of nitrogens with two attached hydrogens (primary N) is 1. The van der Waals surface area contributed by atoms with E-state index in [0.29, 0.717) is 18.3 Å². The molecular formula is C14H22N4O2. The molecule has 1 aromatic carbocycles. The van der Waals surface area contributed by atoms with Gasteiger partial charge in [0.05, 0.1) is 4.92 Å². The van der Waals surface area contributed by atoms with Gasteiger partial charge in [0.2, 0.25) is 0 Å². The topological polar surface area (TPSA) is 75.6 Å². The maximum Gasteiger partial charge on any atom is 0.269 e. The third kappa shape index (κ3) is 3.46. The summed E-state index contributed by atoms with van der Waals surface area (Å²) in [6.07, 6.45) is 0. The third-order valence-electron chi connectivity index (χ3n) is 3.87.